The summed E-state index contributed by atoms with van der Waals surface area (Å²) in [5.41, 5.74) is -1.35. The minimum Gasteiger partial charge on any atom is -0.476 e. The summed E-state index contributed by atoms with van der Waals surface area (Å²) in [6.07, 6.45) is 2.56. The van der Waals surface area contributed by atoms with Crippen molar-refractivity contribution in [1.82, 2.24) is 24.5 Å². The summed E-state index contributed by atoms with van der Waals surface area (Å²) >= 11 is 0. The molecule has 0 saturated heterocycles. The van der Waals surface area contributed by atoms with Gasteiger partial charge in [-0.1, -0.05) is 5.21 Å². The van der Waals surface area contributed by atoms with Gasteiger partial charge in [0.2, 0.25) is 0 Å². The fourth-order valence-corrected chi connectivity index (χ4v) is 1.68. The molecule has 0 radical (unpaired) electrons. The maximum Gasteiger partial charge on any atom is 0.358 e. The first kappa shape index (κ1) is 13.1. The molecule has 2 aromatic rings. The lowest BCUT2D eigenvalue weighted by Crippen LogP contribution is -2.10. The molecule has 0 atom stereocenters. The molecule has 2 rings (SSSR count). The van der Waals surface area contributed by atoms with E-state index in [1.165, 1.54) is 0 Å². The Balaban J connectivity index is 2.05. The molecule has 0 aliphatic rings. The lowest BCUT2D eigenvalue weighted by atomic mass is 10.3. The van der Waals surface area contributed by atoms with Crippen molar-refractivity contribution in [3.05, 3.63) is 30.1 Å². The van der Waals surface area contributed by atoms with E-state index in [-0.39, 0.29) is 6.54 Å². The predicted molar refractivity (Wildman–Crippen MR) is 58.8 cm³/mol. The number of rotatable bonds is 6. The first-order valence-corrected chi connectivity index (χ1v) is 5.50. The van der Waals surface area contributed by atoms with Crippen molar-refractivity contribution < 1.29 is 18.7 Å². The van der Waals surface area contributed by atoms with Gasteiger partial charge in [-0.05, 0) is 6.42 Å². The lowest BCUT2D eigenvalue weighted by Gasteiger charge is -2.06. The molecule has 9 heteroatoms. The number of hydrogen-bond acceptors (Lipinski definition) is 4. The predicted octanol–water partition coefficient (Wildman–Crippen LogP) is 1.20. The van der Waals surface area contributed by atoms with Crippen LogP contribution in [0, 0.1) is 0 Å². The molecular weight excluding hydrogens is 260 g/mol. The molecule has 19 heavy (non-hydrogen) atoms. The molecule has 0 bridgehead atoms. The molecule has 102 valence electrons. The molecule has 0 saturated carbocycles. The highest BCUT2D eigenvalue weighted by Gasteiger charge is 2.25. The zero-order chi connectivity index (χ0) is 13.8. The summed E-state index contributed by atoms with van der Waals surface area (Å²) in [4.78, 5) is 14.6. The Hall–Kier alpha value is -2.32. The van der Waals surface area contributed by atoms with E-state index in [4.69, 9.17) is 5.11 Å². The number of alkyl halides is 2. The van der Waals surface area contributed by atoms with Crippen molar-refractivity contribution in [2.45, 2.75) is 25.9 Å². The fourth-order valence-electron chi connectivity index (χ4n) is 1.68. The van der Waals surface area contributed by atoms with E-state index < -0.39 is 23.8 Å². The van der Waals surface area contributed by atoms with E-state index in [2.05, 4.69) is 15.3 Å². The Kier molecular flexibility index (Phi) is 3.83. The van der Waals surface area contributed by atoms with E-state index in [1.807, 2.05) is 0 Å². The number of aryl methyl sites for hydroxylation is 2. The van der Waals surface area contributed by atoms with Gasteiger partial charge in [0.1, 0.15) is 5.69 Å². The largest absolute Gasteiger partial charge is 0.476 e. The molecule has 0 aromatic carbocycles. The minimum absolute atomic E-state index is 0.165. The van der Waals surface area contributed by atoms with E-state index in [1.54, 1.807) is 23.3 Å². The number of halogens is 2. The number of carboxylic acid groups (broad SMARTS) is 1. The summed E-state index contributed by atoms with van der Waals surface area (Å²) in [5, 5.41) is 15.5. The third-order valence-electron chi connectivity index (χ3n) is 2.53. The van der Waals surface area contributed by atoms with Gasteiger partial charge in [-0.25, -0.2) is 23.2 Å². The second kappa shape index (κ2) is 5.55. The third kappa shape index (κ3) is 2.92. The number of aromatic nitrogens is 5. The molecule has 0 amide bonds. The van der Waals surface area contributed by atoms with Crippen LogP contribution in [0.2, 0.25) is 0 Å². The minimum atomic E-state index is -2.92. The van der Waals surface area contributed by atoms with Crippen LogP contribution in [0.1, 0.15) is 29.0 Å². The molecule has 0 aliphatic heterocycles. The van der Waals surface area contributed by atoms with Gasteiger partial charge in [0.05, 0.1) is 6.33 Å². The maximum absolute atomic E-state index is 12.8. The normalized spacial score (nSPS) is 11.1. The van der Waals surface area contributed by atoms with Crippen LogP contribution in [-0.2, 0) is 13.1 Å². The number of carboxylic acids is 1. The number of nitrogens with zero attached hydrogens (tertiary/aromatic N) is 5. The average Bonchev–Trinajstić information content (AvgIpc) is 2.97. The first-order chi connectivity index (χ1) is 9.09. The first-order valence-electron chi connectivity index (χ1n) is 5.50. The Morgan fingerprint density at radius 3 is 2.79 bits per heavy atom. The molecule has 2 heterocycles. The summed E-state index contributed by atoms with van der Waals surface area (Å²) in [5.74, 6) is -1.50. The Morgan fingerprint density at radius 2 is 2.21 bits per heavy atom. The molecule has 0 spiro atoms. The van der Waals surface area contributed by atoms with Crippen molar-refractivity contribution in [2.24, 2.45) is 0 Å². The summed E-state index contributed by atoms with van der Waals surface area (Å²) in [7, 11) is 0. The number of aromatic carboxylic acids is 1. The summed E-state index contributed by atoms with van der Waals surface area (Å²) < 4.78 is 28.3. The van der Waals surface area contributed by atoms with Crippen molar-refractivity contribution in [2.75, 3.05) is 0 Å². The van der Waals surface area contributed by atoms with Gasteiger partial charge in [0.15, 0.2) is 5.69 Å². The topological polar surface area (TPSA) is 85.8 Å². The molecule has 0 fully saturated rings. The van der Waals surface area contributed by atoms with Crippen LogP contribution in [0.15, 0.2) is 18.7 Å². The van der Waals surface area contributed by atoms with Crippen molar-refractivity contribution in [3.8, 4) is 0 Å². The van der Waals surface area contributed by atoms with E-state index in [9.17, 15) is 13.6 Å². The van der Waals surface area contributed by atoms with Crippen molar-refractivity contribution in [1.29, 1.82) is 0 Å². The lowest BCUT2D eigenvalue weighted by molar-refractivity contribution is 0.0675. The van der Waals surface area contributed by atoms with Gasteiger partial charge in [-0.2, -0.15) is 0 Å². The van der Waals surface area contributed by atoms with Gasteiger partial charge in [0.25, 0.3) is 6.43 Å². The second-order valence-electron chi connectivity index (χ2n) is 3.81. The van der Waals surface area contributed by atoms with Gasteiger partial charge in [0, 0.05) is 25.5 Å². The van der Waals surface area contributed by atoms with Gasteiger partial charge in [-0.3, -0.25) is 0 Å². The van der Waals surface area contributed by atoms with Crippen LogP contribution in [0.3, 0.4) is 0 Å². The average molecular weight is 271 g/mol. The highest BCUT2D eigenvalue weighted by Crippen LogP contribution is 2.21. The molecule has 2 aromatic heterocycles. The van der Waals surface area contributed by atoms with Gasteiger partial charge >= 0.3 is 5.97 Å². The SMILES string of the molecule is O=C(O)c1nnn(CCCn2ccnc2)c1C(F)F. The standard InChI is InChI=1S/C10H11F2N5O2/c11-9(12)8-7(10(18)19)14-15-17(8)4-1-3-16-5-2-13-6-16/h2,5-6,9H,1,3-4H2,(H,18,19). The monoisotopic (exact) mass is 271 g/mol. The zero-order valence-corrected chi connectivity index (χ0v) is 9.78. The van der Waals surface area contributed by atoms with Crippen LogP contribution >= 0.6 is 0 Å². The zero-order valence-electron chi connectivity index (χ0n) is 9.78. The van der Waals surface area contributed by atoms with E-state index >= 15 is 0 Å². The van der Waals surface area contributed by atoms with Crippen LogP contribution in [-0.4, -0.2) is 35.6 Å². The number of carbonyl (C=O) groups is 1. The third-order valence-corrected chi connectivity index (χ3v) is 2.53. The Morgan fingerprint density at radius 1 is 1.42 bits per heavy atom. The molecule has 7 nitrogen and oxygen atoms in total. The van der Waals surface area contributed by atoms with Crippen LogP contribution in [0.25, 0.3) is 0 Å². The van der Waals surface area contributed by atoms with E-state index in [0.717, 1.165) is 4.68 Å². The second-order valence-corrected chi connectivity index (χ2v) is 3.81. The Labute approximate surface area is 106 Å². The van der Waals surface area contributed by atoms with Gasteiger partial charge < -0.3 is 9.67 Å². The fraction of sp³-hybridized carbons (Fsp3) is 0.400. The highest BCUT2D eigenvalue weighted by molar-refractivity contribution is 5.86. The molecule has 0 aliphatic carbocycles. The summed E-state index contributed by atoms with van der Waals surface area (Å²) in [6, 6.07) is 0. The van der Waals surface area contributed by atoms with Crippen LogP contribution < -0.4 is 0 Å². The van der Waals surface area contributed by atoms with Crippen molar-refractivity contribution in [3.63, 3.8) is 0 Å². The van der Waals surface area contributed by atoms with Crippen LogP contribution in [0.4, 0.5) is 8.78 Å². The molecule has 0 unspecified atom stereocenters. The number of hydrogen-bond donors (Lipinski definition) is 1. The highest BCUT2D eigenvalue weighted by atomic mass is 19.3. The molecule has 1 N–H and O–H groups in total. The van der Waals surface area contributed by atoms with Gasteiger partial charge in [-0.15, -0.1) is 5.10 Å². The Bertz CT molecular complexity index is 552. The van der Waals surface area contributed by atoms with E-state index in [0.29, 0.717) is 13.0 Å². The van der Waals surface area contributed by atoms with Crippen molar-refractivity contribution >= 4 is 5.97 Å². The molecular formula is C10H11F2N5O2. The van der Waals surface area contributed by atoms with Crippen LogP contribution in [0.5, 0.6) is 0 Å². The maximum atomic E-state index is 12.8. The quantitative estimate of drug-likeness (QED) is 0.853. The smallest absolute Gasteiger partial charge is 0.358 e. The summed E-state index contributed by atoms with van der Waals surface area (Å²) in [6.45, 7) is 0.739. The number of imidazole rings is 1.